The fourth-order valence-electron chi connectivity index (χ4n) is 1.03. The minimum absolute atomic E-state index is 0. The van der Waals surface area contributed by atoms with Crippen LogP contribution in [-0.2, 0) is 0 Å². The van der Waals surface area contributed by atoms with Gasteiger partial charge < -0.3 is 0 Å². The van der Waals surface area contributed by atoms with Crippen LogP contribution in [0.5, 0.6) is 0 Å². The maximum atomic E-state index is 5.19. The lowest BCUT2D eigenvalue weighted by molar-refractivity contribution is 0.434. The molecule has 1 unspecified atom stereocenters. The van der Waals surface area contributed by atoms with E-state index in [1.54, 1.807) is 0 Å². The normalized spacial score (nSPS) is 11.2. The highest BCUT2D eigenvalue weighted by Gasteiger charge is 2.01. The van der Waals surface area contributed by atoms with E-state index in [2.05, 4.69) is 19.3 Å². The highest BCUT2D eigenvalue weighted by atomic mass is 35.5. The van der Waals surface area contributed by atoms with Gasteiger partial charge in [0, 0.05) is 6.54 Å². The van der Waals surface area contributed by atoms with Crippen molar-refractivity contribution in [3.63, 3.8) is 0 Å². The van der Waals surface area contributed by atoms with Crippen molar-refractivity contribution in [3.8, 4) is 0 Å². The van der Waals surface area contributed by atoms with E-state index in [4.69, 9.17) is 5.84 Å². The van der Waals surface area contributed by atoms with Crippen molar-refractivity contribution in [1.29, 1.82) is 0 Å². The highest BCUT2D eigenvalue weighted by Crippen LogP contribution is 2.07. The molecule has 0 spiro atoms. The van der Waals surface area contributed by atoms with Crippen LogP contribution in [0.1, 0.15) is 33.1 Å². The molecule has 72 valence electrons. The van der Waals surface area contributed by atoms with Crippen LogP contribution in [0.15, 0.2) is 0 Å². The molecule has 0 aromatic rings. The van der Waals surface area contributed by atoms with Crippen molar-refractivity contribution in [2.75, 3.05) is 6.54 Å². The average molecular weight is 203 g/mol. The van der Waals surface area contributed by atoms with Crippen molar-refractivity contribution >= 4 is 24.8 Å². The van der Waals surface area contributed by atoms with E-state index in [1.807, 2.05) is 0 Å². The molecular weight excluding hydrogens is 183 g/mol. The summed E-state index contributed by atoms with van der Waals surface area (Å²) >= 11 is 0. The molecule has 2 nitrogen and oxygen atoms in total. The number of nitrogens with two attached hydrogens (primary N) is 1. The second kappa shape index (κ2) is 13.1. The molecule has 0 radical (unpaired) electrons. The Hall–Kier alpha value is 0.500. The molecule has 0 aromatic carbocycles. The molecule has 0 fully saturated rings. The molecule has 0 aliphatic rings. The molecule has 0 aliphatic carbocycles. The number of rotatable bonds is 5. The maximum absolute atomic E-state index is 5.19. The molecule has 11 heavy (non-hydrogen) atoms. The third-order valence-electron chi connectivity index (χ3n) is 1.68. The summed E-state index contributed by atoms with van der Waals surface area (Å²) in [4.78, 5) is 0. The summed E-state index contributed by atoms with van der Waals surface area (Å²) in [6.45, 7) is 5.38. The first-order valence-corrected chi connectivity index (χ1v) is 3.78. The Labute approximate surface area is 82.1 Å². The summed E-state index contributed by atoms with van der Waals surface area (Å²) in [5, 5.41) is 0. The van der Waals surface area contributed by atoms with E-state index in [9.17, 15) is 0 Å². The van der Waals surface area contributed by atoms with Crippen LogP contribution in [0.2, 0.25) is 0 Å². The average Bonchev–Trinajstić information content (AvgIpc) is 1.88. The monoisotopic (exact) mass is 202 g/mol. The largest absolute Gasteiger partial charge is 0.271 e. The highest BCUT2D eigenvalue weighted by molar-refractivity contribution is 5.85. The molecule has 0 heterocycles. The van der Waals surface area contributed by atoms with E-state index in [-0.39, 0.29) is 24.8 Å². The zero-order chi connectivity index (χ0) is 7.11. The van der Waals surface area contributed by atoms with Gasteiger partial charge in [0.25, 0.3) is 0 Å². The Balaban J connectivity index is -0.000000320. The van der Waals surface area contributed by atoms with Crippen molar-refractivity contribution in [3.05, 3.63) is 0 Å². The van der Waals surface area contributed by atoms with Gasteiger partial charge in [0.05, 0.1) is 0 Å². The lowest BCUT2D eigenvalue weighted by Gasteiger charge is -2.11. The molecule has 0 bridgehead atoms. The number of hydrogen-bond acceptors (Lipinski definition) is 2. The van der Waals surface area contributed by atoms with E-state index < -0.39 is 0 Å². The van der Waals surface area contributed by atoms with Crippen LogP contribution in [0.25, 0.3) is 0 Å². The van der Waals surface area contributed by atoms with Crippen LogP contribution in [0.4, 0.5) is 0 Å². The number of hydrogen-bond donors (Lipinski definition) is 2. The summed E-state index contributed by atoms with van der Waals surface area (Å²) in [5.74, 6) is 5.96. The van der Waals surface area contributed by atoms with E-state index >= 15 is 0 Å². The fourth-order valence-corrected chi connectivity index (χ4v) is 1.03. The summed E-state index contributed by atoms with van der Waals surface area (Å²) in [6, 6.07) is 0. The lowest BCUT2D eigenvalue weighted by atomic mass is 10.0. The molecular formula is C7H20Cl2N2. The summed E-state index contributed by atoms with van der Waals surface area (Å²) in [7, 11) is 0. The zero-order valence-electron chi connectivity index (χ0n) is 7.30. The van der Waals surface area contributed by atoms with Crippen molar-refractivity contribution in [1.82, 2.24) is 5.43 Å². The molecule has 3 N–H and O–H groups in total. The SMILES string of the molecule is CCCC(CC)CNN.Cl.Cl. The standard InChI is InChI=1S/C7H18N2.2ClH/c1-3-5-7(4-2)6-9-8;;/h7,9H,3-6,8H2,1-2H3;2*1H. The zero-order valence-corrected chi connectivity index (χ0v) is 8.93. The van der Waals surface area contributed by atoms with Gasteiger partial charge in [-0.2, -0.15) is 0 Å². The van der Waals surface area contributed by atoms with Crippen molar-refractivity contribution in [2.45, 2.75) is 33.1 Å². The first-order valence-electron chi connectivity index (χ1n) is 3.78. The molecule has 0 saturated heterocycles. The third kappa shape index (κ3) is 10.5. The Bertz CT molecular complexity index is 56.4. The quantitative estimate of drug-likeness (QED) is 0.530. The summed E-state index contributed by atoms with van der Waals surface area (Å²) in [5.41, 5.74) is 2.70. The number of halogens is 2. The first-order chi connectivity index (χ1) is 4.35. The minimum atomic E-state index is 0. The van der Waals surface area contributed by atoms with Crippen LogP contribution in [0.3, 0.4) is 0 Å². The van der Waals surface area contributed by atoms with Gasteiger partial charge in [-0.15, -0.1) is 24.8 Å². The van der Waals surface area contributed by atoms with E-state index in [0.29, 0.717) is 0 Å². The maximum Gasteiger partial charge on any atom is 0.0126 e. The van der Waals surface area contributed by atoms with Gasteiger partial charge in [0.2, 0.25) is 0 Å². The van der Waals surface area contributed by atoms with Gasteiger partial charge in [-0.1, -0.05) is 26.7 Å². The fraction of sp³-hybridized carbons (Fsp3) is 1.00. The topological polar surface area (TPSA) is 38.0 Å². The van der Waals surface area contributed by atoms with Gasteiger partial charge in [0.1, 0.15) is 0 Å². The van der Waals surface area contributed by atoms with Gasteiger partial charge in [0.15, 0.2) is 0 Å². The second-order valence-electron chi connectivity index (χ2n) is 2.47. The molecule has 0 amide bonds. The molecule has 0 aliphatic heterocycles. The second-order valence-corrected chi connectivity index (χ2v) is 2.47. The van der Waals surface area contributed by atoms with E-state index in [1.165, 1.54) is 19.3 Å². The lowest BCUT2D eigenvalue weighted by Crippen LogP contribution is -2.28. The Kier molecular flexibility index (Phi) is 20.9. The molecule has 4 heteroatoms. The molecule has 0 rings (SSSR count). The Morgan fingerprint density at radius 2 is 1.82 bits per heavy atom. The predicted molar refractivity (Wildman–Crippen MR) is 55.4 cm³/mol. The van der Waals surface area contributed by atoms with Gasteiger partial charge in [-0.25, -0.2) is 0 Å². The molecule has 0 aromatic heterocycles. The van der Waals surface area contributed by atoms with Gasteiger partial charge >= 0.3 is 0 Å². The van der Waals surface area contributed by atoms with Crippen LogP contribution in [0, 0.1) is 5.92 Å². The van der Waals surface area contributed by atoms with E-state index in [0.717, 1.165) is 12.5 Å². The molecule has 0 saturated carbocycles. The summed E-state index contributed by atoms with van der Waals surface area (Å²) < 4.78 is 0. The van der Waals surface area contributed by atoms with Crippen molar-refractivity contribution in [2.24, 2.45) is 11.8 Å². The Morgan fingerprint density at radius 3 is 2.09 bits per heavy atom. The van der Waals surface area contributed by atoms with Crippen LogP contribution >= 0.6 is 24.8 Å². The first kappa shape index (κ1) is 17.5. The minimum Gasteiger partial charge on any atom is -0.271 e. The van der Waals surface area contributed by atoms with Gasteiger partial charge in [-0.3, -0.25) is 11.3 Å². The summed E-state index contributed by atoms with van der Waals surface area (Å²) in [6.07, 6.45) is 3.79. The number of hydrazine groups is 1. The Morgan fingerprint density at radius 1 is 1.27 bits per heavy atom. The smallest absolute Gasteiger partial charge is 0.0126 e. The van der Waals surface area contributed by atoms with Gasteiger partial charge in [-0.05, 0) is 12.3 Å². The third-order valence-corrected chi connectivity index (χ3v) is 1.68. The predicted octanol–water partition coefficient (Wildman–Crippen LogP) is 2.12. The van der Waals surface area contributed by atoms with Crippen LogP contribution in [-0.4, -0.2) is 6.54 Å². The van der Waals surface area contributed by atoms with Crippen LogP contribution < -0.4 is 11.3 Å². The van der Waals surface area contributed by atoms with Crippen molar-refractivity contribution < 1.29 is 0 Å². The number of nitrogens with one attached hydrogen (secondary N) is 1. The molecule has 1 atom stereocenters.